The molecular formula is C19H22ClNO5S. The molecule has 6 nitrogen and oxygen atoms in total. The van der Waals surface area contributed by atoms with Crippen LogP contribution in [0.15, 0.2) is 30.3 Å². The van der Waals surface area contributed by atoms with Crippen LogP contribution in [0.1, 0.15) is 16.9 Å². The van der Waals surface area contributed by atoms with Gasteiger partial charge in [0.25, 0.3) is 0 Å². The fourth-order valence-corrected chi connectivity index (χ4v) is 3.59. The zero-order valence-corrected chi connectivity index (χ0v) is 17.1. The molecule has 1 aromatic carbocycles. The number of benzene rings is 1. The van der Waals surface area contributed by atoms with Crippen molar-refractivity contribution in [1.82, 2.24) is 4.90 Å². The Hall–Kier alpha value is -2.25. The Balaban J connectivity index is 2.13. The van der Waals surface area contributed by atoms with E-state index in [9.17, 15) is 9.59 Å². The first-order chi connectivity index (χ1) is 12.9. The highest BCUT2D eigenvalue weighted by Gasteiger charge is 2.19. The molecule has 0 aliphatic rings. The zero-order chi connectivity index (χ0) is 19.8. The summed E-state index contributed by atoms with van der Waals surface area (Å²) in [6.07, 6.45) is 0.838. The third-order valence-electron chi connectivity index (χ3n) is 3.90. The summed E-state index contributed by atoms with van der Waals surface area (Å²) >= 11 is 7.37. The van der Waals surface area contributed by atoms with E-state index in [1.54, 1.807) is 38.5 Å². The molecule has 0 N–H and O–H groups in total. The average molecular weight is 412 g/mol. The fourth-order valence-electron chi connectivity index (χ4n) is 2.51. The smallest absolute Gasteiger partial charge is 0.325 e. The molecule has 0 fully saturated rings. The Kier molecular flexibility index (Phi) is 7.94. The van der Waals surface area contributed by atoms with Crippen LogP contribution in [-0.2, 0) is 27.3 Å². The van der Waals surface area contributed by atoms with Crippen LogP contribution < -0.4 is 9.47 Å². The lowest BCUT2D eigenvalue weighted by Gasteiger charge is -2.22. The summed E-state index contributed by atoms with van der Waals surface area (Å²) in [7, 11) is 4.41. The summed E-state index contributed by atoms with van der Waals surface area (Å²) in [4.78, 5) is 27.0. The molecule has 0 spiro atoms. The summed E-state index contributed by atoms with van der Waals surface area (Å²) in [5.41, 5.74) is 0.794. The van der Waals surface area contributed by atoms with E-state index in [0.29, 0.717) is 22.3 Å². The summed E-state index contributed by atoms with van der Waals surface area (Å²) in [5.74, 6) is 0.607. The minimum absolute atomic E-state index is 0.125. The van der Waals surface area contributed by atoms with Crippen LogP contribution in [0.2, 0.25) is 4.34 Å². The number of amides is 1. The van der Waals surface area contributed by atoms with Gasteiger partial charge < -0.3 is 19.1 Å². The van der Waals surface area contributed by atoms with Gasteiger partial charge in [-0.3, -0.25) is 9.59 Å². The molecule has 2 rings (SSSR count). The predicted octanol–water partition coefficient (Wildman–Crippen LogP) is 3.55. The van der Waals surface area contributed by atoms with Crippen molar-refractivity contribution in [3.05, 3.63) is 45.1 Å². The lowest BCUT2D eigenvalue weighted by molar-refractivity contribution is -0.147. The number of hydrogen-bond donors (Lipinski definition) is 0. The van der Waals surface area contributed by atoms with Crippen molar-refractivity contribution in [2.75, 3.05) is 27.9 Å². The van der Waals surface area contributed by atoms with Crippen LogP contribution in [0.4, 0.5) is 0 Å². The van der Waals surface area contributed by atoms with Crippen LogP contribution >= 0.6 is 22.9 Å². The highest BCUT2D eigenvalue weighted by molar-refractivity contribution is 7.16. The molecule has 146 valence electrons. The molecule has 0 saturated carbocycles. The van der Waals surface area contributed by atoms with Crippen molar-refractivity contribution in [2.45, 2.75) is 19.4 Å². The van der Waals surface area contributed by atoms with Crippen molar-refractivity contribution in [3.8, 4) is 11.5 Å². The molecule has 1 aromatic heterocycles. The van der Waals surface area contributed by atoms with Crippen molar-refractivity contribution >= 4 is 34.8 Å². The number of esters is 1. The van der Waals surface area contributed by atoms with Crippen molar-refractivity contribution in [1.29, 1.82) is 0 Å². The van der Waals surface area contributed by atoms with Gasteiger partial charge in [0, 0.05) is 23.9 Å². The topological polar surface area (TPSA) is 65.1 Å². The van der Waals surface area contributed by atoms with Gasteiger partial charge >= 0.3 is 5.97 Å². The number of halogens is 1. The molecule has 0 bridgehead atoms. The molecule has 27 heavy (non-hydrogen) atoms. The summed E-state index contributed by atoms with van der Waals surface area (Å²) in [6.45, 7) is 0.118. The molecule has 0 radical (unpaired) electrons. The van der Waals surface area contributed by atoms with E-state index in [1.807, 2.05) is 6.07 Å². The third kappa shape index (κ3) is 6.45. The Bertz CT molecular complexity index is 770. The molecule has 8 heteroatoms. The Morgan fingerprint density at radius 1 is 1.07 bits per heavy atom. The van der Waals surface area contributed by atoms with Crippen molar-refractivity contribution < 1.29 is 23.8 Å². The maximum absolute atomic E-state index is 12.7. The molecule has 0 atom stereocenters. The Morgan fingerprint density at radius 3 is 2.26 bits per heavy atom. The van der Waals surface area contributed by atoms with E-state index >= 15 is 0 Å². The minimum atomic E-state index is -0.475. The van der Waals surface area contributed by atoms with Gasteiger partial charge in [-0.2, -0.15) is 0 Å². The monoisotopic (exact) mass is 411 g/mol. The average Bonchev–Trinajstić information content (AvgIpc) is 3.10. The molecule has 1 heterocycles. The highest BCUT2D eigenvalue weighted by Crippen LogP contribution is 2.25. The molecular weight excluding hydrogens is 390 g/mol. The first kappa shape index (κ1) is 21.1. The Labute approximate surface area is 167 Å². The molecule has 2 aromatic rings. The quantitative estimate of drug-likeness (QED) is 0.590. The third-order valence-corrected chi connectivity index (χ3v) is 5.19. The van der Waals surface area contributed by atoms with Gasteiger partial charge in [-0.25, -0.2) is 0 Å². The van der Waals surface area contributed by atoms with Gasteiger partial charge in [0.15, 0.2) is 0 Å². The first-order valence-corrected chi connectivity index (χ1v) is 9.45. The molecule has 0 unspecified atom stereocenters. The van der Waals surface area contributed by atoms with Gasteiger partial charge in [-0.15, -0.1) is 11.3 Å². The fraction of sp³-hybridized carbons (Fsp3) is 0.368. The van der Waals surface area contributed by atoms with E-state index < -0.39 is 5.97 Å². The number of rotatable bonds is 9. The zero-order valence-electron chi connectivity index (χ0n) is 15.5. The van der Waals surface area contributed by atoms with Crippen LogP contribution in [0.25, 0.3) is 0 Å². The largest absolute Gasteiger partial charge is 0.497 e. The van der Waals surface area contributed by atoms with Gasteiger partial charge in [0.05, 0.1) is 25.7 Å². The lowest BCUT2D eigenvalue weighted by Crippen LogP contribution is -2.35. The number of thiophene rings is 1. The summed E-state index contributed by atoms with van der Waals surface area (Å²) < 4.78 is 15.9. The van der Waals surface area contributed by atoms with E-state index in [0.717, 1.165) is 10.4 Å². The number of hydrogen-bond acceptors (Lipinski definition) is 6. The van der Waals surface area contributed by atoms with Gasteiger partial charge in [0.2, 0.25) is 5.91 Å². The van der Waals surface area contributed by atoms with Crippen LogP contribution in [0.5, 0.6) is 11.5 Å². The predicted molar refractivity (Wildman–Crippen MR) is 105 cm³/mol. The van der Waals surface area contributed by atoms with E-state index in [2.05, 4.69) is 0 Å². The lowest BCUT2D eigenvalue weighted by atomic mass is 10.1. The molecule has 0 aliphatic heterocycles. The van der Waals surface area contributed by atoms with Crippen LogP contribution in [0, 0.1) is 0 Å². The van der Waals surface area contributed by atoms with Gasteiger partial charge in [-0.05, 0) is 36.2 Å². The maximum Gasteiger partial charge on any atom is 0.325 e. The number of nitrogens with zero attached hydrogens (tertiary/aromatic N) is 1. The normalized spacial score (nSPS) is 10.4. The van der Waals surface area contributed by atoms with Gasteiger partial charge in [0.1, 0.15) is 18.0 Å². The van der Waals surface area contributed by atoms with Crippen molar-refractivity contribution in [3.63, 3.8) is 0 Å². The molecule has 0 saturated heterocycles. The second-order valence-electron chi connectivity index (χ2n) is 5.75. The highest BCUT2D eigenvalue weighted by atomic mass is 35.5. The first-order valence-electron chi connectivity index (χ1n) is 8.26. The number of carbonyl (C=O) groups excluding carboxylic acids is 2. The number of aryl methyl sites for hydroxylation is 1. The number of carbonyl (C=O) groups is 2. The molecule has 0 aliphatic carbocycles. The van der Waals surface area contributed by atoms with E-state index in [4.69, 9.17) is 25.8 Å². The Morgan fingerprint density at radius 2 is 1.74 bits per heavy atom. The second-order valence-corrected chi connectivity index (χ2v) is 7.55. The maximum atomic E-state index is 12.7. The minimum Gasteiger partial charge on any atom is -0.497 e. The SMILES string of the molecule is COC(=O)CN(Cc1cc(OC)cc(OC)c1)C(=O)CCc1ccc(Cl)s1. The van der Waals surface area contributed by atoms with E-state index in [-0.39, 0.29) is 25.4 Å². The van der Waals surface area contributed by atoms with Crippen LogP contribution in [0.3, 0.4) is 0 Å². The second kappa shape index (κ2) is 10.2. The number of ether oxygens (including phenoxy) is 3. The van der Waals surface area contributed by atoms with Crippen molar-refractivity contribution in [2.24, 2.45) is 0 Å². The standard InChI is InChI=1S/C19H22ClNO5S/c1-24-14-8-13(9-15(10-14)25-2)11-21(12-19(23)26-3)18(22)7-5-16-4-6-17(20)27-16/h4,6,8-10H,5,7,11-12H2,1-3H3. The van der Waals surface area contributed by atoms with Gasteiger partial charge in [-0.1, -0.05) is 11.6 Å². The number of methoxy groups -OCH3 is 3. The van der Waals surface area contributed by atoms with Crippen LogP contribution in [-0.4, -0.2) is 44.7 Å². The summed E-state index contributed by atoms with van der Waals surface area (Å²) in [6, 6.07) is 9.06. The molecule has 1 amide bonds. The van der Waals surface area contributed by atoms with E-state index in [1.165, 1.54) is 23.3 Å². The summed E-state index contributed by atoms with van der Waals surface area (Å²) in [5, 5.41) is 0.